The highest BCUT2D eigenvalue weighted by Crippen LogP contribution is 2.17. The Balaban J connectivity index is 2.39. The predicted octanol–water partition coefficient (Wildman–Crippen LogP) is 1.68. The van der Waals surface area contributed by atoms with Gasteiger partial charge in [-0.05, 0) is 24.5 Å². The molecule has 2 N–H and O–H groups in total. The minimum absolute atomic E-state index is 0.655. The zero-order valence-corrected chi connectivity index (χ0v) is 12.5. The normalized spacial score (nSPS) is 11.7. The number of ether oxygens (including phenoxy) is 1. The molecule has 1 aromatic carbocycles. The van der Waals surface area contributed by atoms with Crippen LogP contribution in [0.25, 0.3) is 0 Å². The van der Waals surface area contributed by atoms with Crippen LogP contribution in [0.5, 0.6) is 0 Å². The Bertz CT molecular complexity index is 531. The van der Waals surface area contributed by atoms with Gasteiger partial charge in [0.1, 0.15) is 0 Å². The number of carbonyl (C=O) groups is 3. The fraction of sp³-hybridized carbons (Fsp3) is 0.214. The van der Waals surface area contributed by atoms with Crippen LogP contribution in [0.1, 0.15) is 6.92 Å². The maximum atomic E-state index is 11.5. The second-order valence-corrected chi connectivity index (χ2v) is 4.86. The van der Waals surface area contributed by atoms with Crippen LogP contribution in [0.15, 0.2) is 46.7 Å². The molecule has 0 aliphatic carbocycles. The van der Waals surface area contributed by atoms with Gasteiger partial charge in [-0.1, -0.05) is 30.0 Å². The van der Waals surface area contributed by atoms with E-state index in [1.807, 2.05) is 35.6 Å². The summed E-state index contributed by atoms with van der Waals surface area (Å²) in [7, 11) is 1.38. The molecule has 1 atom stereocenters. The maximum Gasteiger partial charge on any atom is 0.332 e. The van der Waals surface area contributed by atoms with Crippen molar-refractivity contribution in [3.8, 4) is 0 Å². The van der Waals surface area contributed by atoms with Crippen LogP contribution >= 0.6 is 11.8 Å². The summed E-state index contributed by atoms with van der Waals surface area (Å²) in [6.45, 7) is 1.38. The summed E-state index contributed by atoms with van der Waals surface area (Å²) in [6, 6.07) is 8.83. The van der Waals surface area contributed by atoms with Gasteiger partial charge in [-0.25, -0.2) is 9.59 Å². The summed E-state index contributed by atoms with van der Waals surface area (Å²) < 4.78 is 4.86. The molecule has 6 nitrogen and oxygen atoms in total. The number of amides is 3. The van der Waals surface area contributed by atoms with Crippen molar-refractivity contribution in [3.05, 3.63) is 41.8 Å². The molecule has 3 amide bonds. The first kappa shape index (κ1) is 16.8. The largest absolute Gasteiger partial charge is 0.449 e. The van der Waals surface area contributed by atoms with Gasteiger partial charge in [0.05, 0.1) is 0 Å². The van der Waals surface area contributed by atoms with E-state index in [2.05, 4.69) is 5.32 Å². The van der Waals surface area contributed by atoms with E-state index in [4.69, 9.17) is 4.74 Å². The summed E-state index contributed by atoms with van der Waals surface area (Å²) in [5, 5.41) is 5.82. The minimum atomic E-state index is -1.05. The SMILES string of the molecule is CNC(=O)NC(=O)[C@H](C)OC(=O)/C=C/Sc1ccccc1. The molecule has 0 heterocycles. The topological polar surface area (TPSA) is 84.5 Å². The minimum Gasteiger partial charge on any atom is -0.449 e. The van der Waals surface area contributed by atoms with Gasteiger partial charge in [0, 0.05) is 18.0 Å². The third-order valence-corrected chi connectivity index (χ3v) is 3.09. The lowest BCUT2D eigenvalue weighted by atomic mass is 10.4. The number of hydrogen-bond acceptors (Lipinski definition) is 5. The molecule has 0 spiro atoms. The van der Waals surface area contributed by atoms with E-state index in [1.165, 1.54) is 31.8 Å². The molecule has 21 heavy (non-hydrogen) atoms. The number of rotatable bonds is 5. The molecule has 0 bridgehead atoms. The summed E-state index contributed by atoms with van der Waals surface area (Å²) in [6.07, 6.45) is 0.169. The van der Waals surface area contributed by atoms with E-state index < -0.39 is 24.0 Å². The first-order chi connectivity index (χ1) is 10.0. The number of esters is 1. The van der Waals surface area contributed by atoms with Gasteiger partial charge in [0.25, 0.3) is 5.91 Å². The molecule has 0 aromatic heterocycles. The number of urea groups is 1. The monoisotopic (exact) mass is 308 g/mol. The second-order valence-electron chi connectivity index (χ2n) is 3.88. The number of imide groups is 1. The summed E-state index contributed by atoms with van der Waals surface area (Å²) in [5.41, 5.74) is 0. The van der Waals surface area contributed by atoms with E-state index in [-0.39, 0.29) is 0 Å². The van der Waals surface area contributed by atoms with Crippen molar-refractivity contribution in [1.29, 1.82) is 0 Å². The van der Waals surface area contributed by atoms with Crippen molar-refractivity contribution in [2.24, 2.45) is 0 Å². The fourth-order valence-electron chi connectivity index (χ4n) is 1.21. The van der Waals surface area contributed by atoms with Gasteiger partial charge < -0.3 is 10.1 Å². The lowest BCUT2D eigenvalue weighted by Crippen LogP contribution is -2.43. The van der Waals surface area contributed by atoms with Gasteiger partial charge in [-0.15, -0.1) is 0 Å². The molecule has 0 saturated heterocycles. The Hall–Kier alpha value is -2.28. The molecule has 0 unspecified atom stereocenters. The number of thioether (sulfide) groups is 1. The molecular formula is C14H16N2O4S. The summed E-state index contributed by atoms with van der Waals surface area (Å²) in [4.78, 5) is 34.9. The Morgan fingerprint density at radius 3 is 2.52 bits per heavy atom. The Morgan fingerprint density at radius 2 is 1.90 bits per heavy atom. The molecular weight excluding hydrogens is 292 g/mol. The van der Waals surface area contributed by atoms with Crippen molar-refractivity contribution in [2.45, 2.75) is 17.9 Å². The smallest absolute Gasteiger partial charge is 0.332 e. The van der Waals surface area contributed by atoms with Crippen LogP contribution in [0.4, 0.5) is 4.79 Å². The van der Waals surface area contributed by atoms with Crippen molar-refractivity contribution in [3.63, 3.8) is 0 Å². The van der Waals surface area contributed by atoms with Gasteiger partial charge >= 0.3 is 12.0 Å². The van der Waals surface area contributed by atoms with E-state index in [9.17, 15) is 14.4 Å². The number of carbonyl (C=O) groups excluding carboxylic acids is 3. The van der Waals surface area contributed by atoms with E-state index in [0.29, 0.717) is 0 Å². The van der Waals surface area contributed by atoms with Crippen LogP contribution in [-0.2, 0) is 14.3 Å². The highest BCUT2D eigenvalue weighted by molar-refractivity contribution is 8.02. The molecule has 0 fully saturated rings. The first-order valence-electron chi connectivity index (χ1n) is 6.14. The molecule has 0 saturated carbocycles. The Kier molecular flexibility index (Phi) is 7.03. The van der Waals surface area contributed by atoms with Crippen molar-refractivity contribution in [2.75, 3.05) is 7.05 Å². The van der Waals surface area contributed by atoms with Crippen LogP contribution in [0.3, 0.4) is 0 Å². The third kappa shape index (κ3) is 6.62. The van der Waals surface area contributed by atoms with Crippen LogP contribution in [0.2, 0.25) is 0 Å². The average molecular weight is 308 g/mol. The molecule has 0 aliphatic rings. The molecule has 0 aliphatic heterocycles. The molecule has 0 radical (unpaired) electrons. The van der Waals surface area contributed by atoms with E-state index >= 15 is 0 Å². The third-order valence-electron chi connectivity index (χ3n) is 2.28. The number of benzene rings is 1. The zero-order valence-electron chi connectivity index (χ0n) is 11.7. The molecule has 1 aromatic rings. The lowest BCUT2D eigenvalue weighted by Gasteiger charge is -2.10. The van der Waals surface area contributed by atoms with Crippen molar-refractivity contribution < 1.29 is 19.1 Å². The second kappa shape index (κ2) is 8.80. The molecule has 1 rings (SSSR count). The van der Waals surface area contributed by atoms with Gasteiger partial charge in [0.15, 0.2) is 6.10 Å². The van der Waals surface area contributed by atoms with Crippen molar-refractivity contribution >= 4 is 29.7 Å². The van der Waals surface area contributed by atoms with E-state index in [0.717, 1.165) is 4.90 Å². The quantitative estimate of drug-likeness (QED) is 0.491. The zero-order chi connectivity index (χ0) is 15.7. The standard InChI is InChI=1S/C14H16N2O4S/c1-10(13(18)16-14(19)15-2)20-12(17)8-9-21-11-6-4-3-5-7-11/h3-10H,1-2H3,(H2,15,16,18,19)/b9-8+/t10-/m0/s1. The average Bonchev–Trinajstić information content (AvgIpc) is 2.48. The Labute approximate surface area is 126 Å². The lowest BCUT2D eigenvalue weighted by molar-refractivity contribution is -0.149. The highest BCUT2D eigenvalue weighted by Gasteiger charge is 2.18. The summed E-state index contributed by atoms with van der Waals surface area (Å²) in [5.74, 6) is -1.34. The van der Waals surface area contributed by atoms with E-state index in [1.54, 1.807) is 5.41 Å². The van der Waals surface area contributed by atoms with Crippen LogP contribution in [0, 0.1) is 0 Å². The van der Waals surface area contributed by atoms with Gasteiger partial charge in [-0.2, -0.15) is 0 Å². The fourth-order valence-corrected chi connectivity index (χ4v) is 1.86. The van der Waals surface area contributed by atoms with Crippen molar-refractivity contribution in [1.82, 2.24) is 10.6 Å². The summed E-state index contributed by atoms with van der Waals surface area (Å²) >= 11 is 1.35. The van der Waals surface area contributed by atoms with Gasteiger partial charge in [0.2, 0.25) is 0 Å². The molecule has 7 heteroatoms. The van der Waals surface area contributed by atoms with Crippen LogP contribution in [-0.4, -0.2) is 31.1 Å². The van der Waals surface area contributed by atoms with Gasteiger partial charge in [-0.3, -0.25) is 10.1 Å². The first-order valence-corrected chi connectivity index (χ1v) is 7.02. The number of hydrogen-bond donors (Lipinski definition) is 2. The Morgan fingerprint density at radius 1 is 1.24 bits per heavy atom. The highest BCUT2D eigenvalue weighted by atomic mass is 32.2. The van der Waals surface area contributed by atoms with Crippen LogP contribution < -0.4 is 10.6 Å². The maximum absolute atomic E-state index is 11.5. The predicted molar refractivity (Wildman–Crippen MR) is 79.6 cm³/mol. The molecule has 112 valence electrons. The number of nitrogens with one attached hydrogen (secondary N) is 2.